The Morgan fingerprint density at radius 3 is 2.73 bits per heavy atom. The Hall–Kier alpha value is -2.40. The quantitative estimate of drug-likeness (QED) is 0.393. The molecule has 1 unspecified atom stereocenters. The molecule has 1 aliphatic rings. The van der Waals surface area contributed by atoms with Gasteiger partial charge in [-0.15, -0.1) is 0 Å². The summed E-state index contributed by atoms with van der Waals surface area (Å²) in [4.78, 5) is 17.2. The van der Waals surface area contributed by atoms with Gasteiger partial charge in [-0.2, -0.15) is 0 Å². The number of anilines is 1. The van der Waals surface area contributed by atoms with Crippen LogP contribution in [0, 0.1) is 10.1 Å². The summed E-state index contributed by atoms with van der Waals surface area (Å²) in [5.41, 5.74) is 4.02. The second-order valence-corrected chi connectivity index (χ2v) is 7.85. The van der Waals surface area contributed by atoms with Crippen LogP contribution in [0.3, 0.4) is 0 Å². The number of hydrogen-bond acceptors (Lipinski definition) is 4. The maximum Gasteiger partial charge on any atom is 0.290 e. The van der Waals surface area contributed by atoms with Crippen LogP contribution in [0.1, 0.15) is 44.2 Å². The summed E-state index contributed by atoms with van der Waals surface area (Å²) in [6.07, 6.45) is 2.82. The number of nitro benzene ring substituents is 1. The Morgan fingerprint density at radius 1 is 1.31 bits per heavy atom. The summed E-state index contributed by atoms with van der Waals surface area (Å²) in [6.45, 7) is 6.77. The molecule has 3 rings (SSSR count). The summed E-state index contributed by atoms with van der Waals surface area (Å²) >= 11 is 5.84. The van der Waals surface area contributed by atoms with Gasteiger partial charge in [0.25, 0.3) is 5.69 Å². The molecule has 1 atom stereocenters. The monoisotopic (exact) mass is 371 g/mol. The average molecular weight is 372 g/mol. The minimum absolute atomic E-state index is 0.113. The molecule has 0 saturated heterocycles. The number of benzene rings is 2. The number of hydrogen-bond donors (Lipinski definition) is 0. The van der Waals surface area contributed by atoms with Gasteiger partial charge in [-0.25, -0.2) is 0 Å². The molecule has 0 spiro atoms. The molecule has 136 valence electrons. The minimum Gasteiger partial charge on any atom is -0.369 e. The maximum absolute atomic E-state index is 11.0. The summed E-state index contributed by atoms with van der Waals surface area (Å²) < 4.78 is 0. The van der Waals surface area contributed by atoms with E-state index in [9.17, 15) is 10.1 Å². The fourth-order valence-electron chi connectivity index (χ4n) is 3.55. The van der Waals surface area contributed by atoms with Crippen molar-refractivity contribution >= 4 is 34.9 Å². The average Bonchev–Trinajstić information content (AvgIpc) is 2.58. The molecule has 2 aromatic rings. The molecule has 1 aliphatic heterocycles. The lowest BCUT2D eigenvalue weighted by atomic mass is 9.80. The van der Waals surface area contributed by atoms with E-state index in [1.165, 1.54) is 23.4 Å². The molecule has 5 nitrogen and oxygen atoms in total. The van der Waals surface area contributed by atoms with E-state index in [4.69, 9.17) is 11.6 Å². The molecular formula is C20H22ClN3O2. The number of aliphatic imine (C=N–C) groups is 1. The predicted octanol–water partition coefficient (Wildman–Crippen LogP) is 5.72. The van der Waals surface area contributed by atoms with Crippen molar-refractivity contribution in [2.24, 2.45) is 4.99 Å². The van der Waals surface area contributed by atoms with Crippen LogP contribution in [-0.4, -0.2) is 23.7 Å². The highest BCUT2D eigenvalue weighted by molar-refractivity contribution is 6.32. The minimum atomic E-state index is -0.500. The van der Waals surface area contributed by atoms with Gasteiger partial charge in [0, 0.05) is 30.6 Å². The third kappa shape index (κ3) is 3.44. The van der Waals surface area contributed by atoms with Crippen LogP contribution in [0.25, 0.3) is 0 Å². The van der Waals surface area contributed by atoms with Crippen LogP contribution in [-0.2, 0) is 0 Å². The molecule has 1 heterocycles. The smallest absolute Gasteiger partial charge is 0.290 e. The Kier molecular flexibility index (Phi) is 4.76. The Balaban J connectivity index is 1.91. The SMILES string of the molecule is CC1CC(C)(C)N(C)c2ccc(C=Nc3ccc(Cl)c([N+](=O)[O-])c3)cc21. The maximum atomic E-state index is 11.0. The summed E-state index contributed by atoms with van der Waals surface area (Å²) in [6, 6.07) is 10.9. The first-order chi connectivity index (χ1) is 12.2. The molecule has 0 aromatic heterocycles. The highest BCUT2D eigenvalue weighted by Crippen LogP contribution is 2.42. The Labute approximate surface area is 158 Å². The van der Waals surface area contributed by atoms with Gasteiger partial charge in [0.1, 0.15) is 5.02 Å². The van der Waals surface area contributed by atoms with Gasteiger partial charge in [0.15, 0.2) is 0 Å². The normalized spacial score (nSPS) is 18.8. The zero-order valence-electron chi connectivity index (χ0n) is 15.4. The van der Waals surface area contributed by atoms with Crippen LogP contribution in [0.15, 0.2) is 41.4 Å². The van der Waals surface area contributed by atoms with Crippen molar-refractivity contribution in [2.45, 2.75) is 38.6 Å². The van der Waals surface area contributed by atoms with E-state index in [2.05, 4.69) is 49.8 Å². The van der Waals surface area contributed by atoms with Crippen molar-refractivity contribution in [2.75, 3.05) is 11.9 Å². The van der Waals surface area contributed by atoms with Crippen LogP contribution in [0.2, 0.25) is 5.02 Å². The molecule has 0 amide bonds. The Morgan fingerprint density at radius 2 is 2.04 bits per heavy atom. The van der Waals surface area contributed by atoms with E-state index in [0.717, 1.165) is 12.0 Å². The van der Waals surface area contributed by atoms with E-state index >= 15 is 0 Å². The summed E-state index contributed by atoms with van der Waals surface area (Å²) in [5.74, 6) is 0.459. The van der Waals surface area contributed by atoms with Crippen LogP contribution < -0.4 is 4.90 Å². The van der Waals surface area contributed by atoms with Gasteiger partial charge in [-0.1, -0.05) is 24.6 Å². The highest BCUT2D eigenvalue weighted by Gasteiger charge is 2.33. The van der Waals surface area contributed by atoms with Gasteiger partial charge < -0.3 is 4.90 Å². The lowest BCUT2D eigenvalue weighted by molar-refractivity contribution is -0.384. The van der Waals surface area contributed by atoms with Crippen molar-refractivity contribution in [3.8, 4) is 0 Å². The summed E-state index contributed by atoms with van der Waals surface area (Å²) in [7, 11) is 2.13. The van der Waals surface area contributed by atoms with Crippen molar-refractivity contribution < 1.29 is 4.92 Å². The second-order valence-electron chi connectivity index (χ2n) is 7.45. The van der Waals surface area contributed by atoms with Crippen molar-refractivity contribution in [3.05, 3.63) is 62.7 Å². The van der Waals surface area contributed by atoms with Crippen LogP contribution in [0.5, 0.6) is 0 Å². The summed E-state index contributed by atoms with van der Waals surface area (Å²) in [5, 5.41) is 11.1. The highest BCUT2D eigenvalue weighted by atomic mass is 35.5. The van der Waals surface area contributed by atoms with Gasteiger partial charge in [-0.05, 0) is 61.6 Å². The molecule has 0 bridgehead atoms. The predicted molar refractivity (Wildman–Crippen MR) is 107 cm³/mol. The zero-order chi connectivity index (χ0) is 19.1. The van der Waals surface area contributed by atoms with Crippen LogP contribution in [0.4, 0.5) is 17.1 Å². The first kappa shape index (κ1) is 18.4. The standard InChI is InChI=1S/C20H22ClN3O2/c1-13-11-20(2,3)23(4)18-8-5-14(9-16(13)18)12-22-15-6-7-17(21)19(10-15)24(25)26/h5-10,12-13H,11H2,1-4H3. The number of fused-ring (bicyclic) bond motifs is 1. The number of rotatable bonds is 3. The van der Waals surface area contributed by atoms with Gasteiger partial charge in [0.2, 0.25) is 0 Å². The van der Waals surface area contributed by atoms with E-state index in [1.54, 1.807) is 12.3 Å². The molecule has 0 aliphatic carbocycles. The number of halogens is 1. The molecule has 0 saturated carbocycles. The number of nitrogens with zero attached hydrogens (tertiary/aromatic N) is 3. The first-order valence-electron chi connectivity index (χ1n) is 8.55. The van der Waals surface area contributed by atoms with E-state index in [1.807, 2.05) is 6.07 Å². The largest absolute Gasteiger partial charge is 0.369 e. The van der Waals surface area contributed by atoms with E-state index < -0.39 is 4.92 Å². The van der Waals surface area contributed by atoms with E-state index in [0.29, 0.717) is 11.6 Å². The molecular weight excluding hydrogens is 350 g/mol. The lowest BCUT2D eigenvalue weighted by Gasteiger charge is -2.45. The molecule has 0 N–H and O–H groups in total. The molecule has 6 heteroatoms. The molecule has 0 fully saturated rings. The van der Waals surface area contributed by atoms with Crippen molar-refractivity contribution in [1.82, 2.24) is 0 Å². The van der Waals surface area contributed by atoms with E-state index in [-0.39, 0.29) is 16.2 Å². The number of nitro groups is 1. The molecule has 26 heavy (non-hydrogen) atoms. The second kappa shape index (κ2) is 6.72. The van der Waals surface area contributed by atoms with Gasteiger partial charge in [-0.3, -0.25) is 15.1 Å². The third-order valence-corrected chi connectivity index (χ3v) is 5.47. The topological polar surface area (TPSA) is 58.7 Å². The molecule has 2 aromatic carbocycles. The lowest BCUT2D eigenvalue weighted by Crippen LogP contribution is -2.45. The fraction of sp³-hybridized carbons (Fsp3) is 0.350. The van der Waals surface area contributed by atoms with Crippen molar-refractivity contribution in [3.63, 3.8) is 0 Å². The molecule has 0 radical (unpaired) electrons. The zero-order valence-corrected chi connectivity index (χ0v) is 16.1. The third-order valence-electron chi connectivity index (χ3n) is 5.15. The van der Waals surface area contributed by atoms with Crippen LogP contribution >= 0.6 is 11.6 Å². The van der Waals surface area contributed by atoms with Crippen molar-refractivity contribution in [1.29, 1.82) is 0 Å². The first-order valence-corrected chi connectivity index (χ1v) is 8.92. The Bertz CT molecular complexity index is 893. The van der Waals surface area contributed by atoms with Gasteiger partial charge in [0.05, 0.1) is 10.6 Å². The fourth-order valence-corrected chi connectivity index (χ4v) is 3.73. The van der Waals surface area contributed by atoms with Gasteiger partial charge >= 0.3 is 0 Å².